The van der Waals surface area contributed by atoms with Crippen LogP contribution in [0.1, 0.15) is 32.0 Å². The van der Waals surface area contributed by atoms with Gasteiger partial charge in [0.1, 0.15) is 5.82 Å². The lowest BCUT2D eigenvalue weighted by Gasteiger charge is -2.30. The Morgan fingerprint density at radius 2 is 1.88 bits per heavy atom. The molecule has 1 aliphatic rings. The molecule has 0 unspecified atom stereocenters. The average molecular weight is 358 g/mol. The Morgan fingerprint density at radius 1 is 1.15 bits per heavy atom. The largest absolute Gasteiger partial charge is 0.338 e. The number of rotatable bonds is 7. The van der Waals surface area contributed by atoms with Crippen molar-refractivity contribution in [2.45, 2.75) is 39.7 Å². The molecular weight excluding hydrogens is 326 g/mol. The molecule has 0 spiro atoms. The van der Waals surface area contributed by atoms with Crippen molar-refractivity contribution >= 4 is 17.1 Å². The molecule has 26 heavy (non-hydrogen) atoms. The van der Waals surface area contributed by atoms with Gasteiger partial charge in [0.25, 0.3) is 0 Å². The minimum absolute atomic E-state index is 0.0839. The lowest BCUT2D eigenvalue weighted by molar-refractivity contribution is 0.190. The molecule has 0 saturated carbocycles. The monoisotopic (exact) mass is 357 g/mol. The van der Waals surface area contributed by atoms with Crippen LogP contribution < -0.4 is 10.6 Å². The highest BCUT2D eigenvalue weighted by Gasteiger charge is 2.14. The molecule has 6 heteroatoms. The summed E-state index contributed by atoms with van der Waals surface area (Å²) in [6.07, 6.45) is 3.61. The Labute approximate surface area is 156 Å². The number of piperidine rings is 1. The van der Waals surface area contributed by atoms with Crippen LogP contribution in [0.25, 0.3) is 11.0 Å². The van der Waals surface area contributed by atoms with E-state index in [0.29, 0.717) is 6.54 Å². The minimum atomic E-state index is -0.0839. The number of carbonyl (C=O) groups is 1. The average Bonchev–Trinajstić information content (AvgIpc) is 2.96. The number of aromatic nitrogens is 2. The summed E-state index contributed by atoms with van der Waals surface area (Å²) in [5.41, 5.74) is 2.12. The number of hydrogen-bond donors (Lipinski definition) is 2. The number of hydrogen-bond acceptors (Lipinski definition) is 3. The number of benzene rings is 1. The topological polar surface area (TPSA) is 62.2 Å². The van der Waals surface area contributed by atoms with Crippen LogP contribution in [0, 0.1) is 12.8 Å². The highest BCUT2D eigenvalue weighted by Crippen LogP contribution is 2.16. The van der Waals surface area contributed by atoms with E-state index in [4.69, 9.17) is 0 Å². The molecule has 2 N–H and O–H groups in total. The van der Waals surface area contributed by atoms with Crippen LogP contribution in [0.2, 0.25) is 0 Å². The van der Waals surface area contributed by atoms with Crippen molar-refractivity contribution in [1.29, 1.82) is 0 Å². The first-order valence-corrected chi connectivity index (χ1v) is 9.79. The van der Waals surface area contributed by atoms with Crippen molar-refractivity contribution in [2.24, 2.45) is 5.92 Å². The van der Waals surface area contributed by atoms with Crippen LogP contribution in [0.4, 0.5) is 4.79 Å². The fourth-order valence-electron chi connectivity index (χ4n) is 3.61. The van der Waals surface area contributed by atoms with Crippen molar-refractivity contribution in [3.8, 4) is 0 Å². The highest BCUT2D eigenvalue weighted by atomic mass is 16.2. The zero-order valence-electron chi connectivity index (χ0n) is 16.0. The van der Waals surface area contributed by atoms with E-state index in [1.54, 1.807) is 0 Å². The minimum Gasteiger partial charge on any atom is -0.338 e. The van der Waals surface area contributed by atoms with Gasteiger partial charge in [0.2, 0.25) is 0 Å². The van der Waals surface area contributed by atoms with Crippen LogP contribution >= 0.6 is 0 Å². The van der Waals surface area contributed by atoms with Crippen LogP contribution in [-0.2, 0) is 6.54 Å². The Kier molecular flexibility index (Phi) is 6.50. The zero-order chi connectivity index (χ0) is 18.4. The molecule has 1 aliphatic heterocycles. The predicted molar refractivity (Wildman–Crippen MR) is 105 cm³/mol. The fourth-order valence-corrected chi connectivity index (χ4v) is 3.61. The van der Waals surface area contributed by atoms with E-state index in [-0.39, 0.29) is 6.03 Å². The third kappa shape index (κ3) is 4.97. The van der Waals surface area contributed by atoms with Crippen LogP contribution in [0.3, 0.4) is 0 Å². The summed E-state index contributed by atoms with van der Waals surface area (Å²) in [5.74, 6) is 1.84. The van der Waals surface area contributed by atoms with E-state index >= 15 is 0 Å². The number of nitrogens with zero attached hydrogens (tertiary/aromatic N) is 3. The summed E-state index contributed by atoms with van der Waals surface area (Å²) < 4.78 is 2.15. The van der Waals surface area contributed by atoms with Crippen LogP contribution in [0.15, 0.2) is 24.3 Å². The van der Waals surface area contributed by atoms with Gasteiger partial charge in [0, 0.05) is 19.6 Å². The molecule has 1 saturated heterocycles. The fraction of sp³-hybridized carbons (Fsp3) is 0.600. The third-order valence-corrected chi connectivity index (χ3v) is 5.28. The van der Waals surface area contributed by atoms with Crippen molar-refractivity contribution in [3.05, 3.63) is 30.1 Å². The first kappa shape index (κ1) is 18.7. The number of imidazole rings is 1. The number of aryl methyl sites for hydroxylation is 1. The molecule has 1 fully saturated rings. The zero-order valence-corrected chi connectivity index (χ0v) is 16.0. The second kappa shape index (κ2) is 9.03. The number of para-hydroxylation sites is 2. The number of carbonyl (C=O) groups excluding carboxylic acids is 1. The van der Waals surface area contributed by atoms with Gasteiger partial charge in [-0.25, -0.2) is 9.78 Å². The van der Waals surface area contributed by atoms with Crippen molar-refractivity contribution in [2.75, 3.05) is 32.7 Å². The number of amides is 2. The molecule has 1 aromatic heterocycles. The van der Waals surface area contributed by atoms with E-state index in [2.05, 4.69) is 38.1 Å². The van der Waals surface area contributed by atoms with Crippen molar-refractivity contribution < 1.29 is 4.79 Å². The molecule has 142 valence electrons. The number of fused-ring (bicyclic) bond motifs is 1. The maximum Gasteiger partial charge on any atom is 0.314 e. The van der Waals surface area contributed by atoms with E-state index in [9.17, 15) is 4.79 Å². The van der Waals surface area contributed by atoms with Gasteiger partial charge in [-0.05, 0) is 63.9 Å². The van der Waals surface area contributed by atoms with E-state index < -0.39 is 0 Å². The second-order valence-electron chi connectivity index (χ2n) is 7.36. The molecule has 2 amide bonds. The molecule has 2 heterocycles. The van der Waals surface area contributed by atoms with Gasteiger partial charge in [-0.3, -0.25) is 0 Å². The Hall–Kier alpha value is -2.08. The van der Waals surface area contributed by atoms with Gasteiger partial charge in [-0.15, -0.1) is 0 Å². The standard InChI is InChI=1S/C20H31N5O/c1-16-8-13-24(14-9-16)12-5-10-21-20(26)22-11-15-25-17(2)23-18-6-3-4-7-19(18)25/h3-4,6-7,16H,5,8-15H2,1-2H3,(H2,21,22,26). The summed E-state index contributed by atoms with van der Waals surface area (Å²) >= 11 is 0. The van der Waals surface area contributed by atoms with Gasteiger partial charge in [-0.1, -0.05) is 19.1 Å². The highest BCUT2D eigenvalue weighted by molar-refractivity contribution is 5.76. The summed E-state index contributed by atoms with van der Waals surface area (Å²) in [7, 11) is 0. The predicted octanol–water partition coefficient (Wildman–Crippen LogP) is 2.77. The van der Waals surface area contributed by atoms with Gasteiger partial charge in [-0.2, -0.15) is 0 Å². The molecule has 3 rings (SSSR count). The first-order valence-electron chi connectivity index (χ1n) is 9.79. The van der Waals surface area contributed by atoms with Crippen molar-refractivity contribution in [1.82, 2.24) is 25.1 Å². The summed E-state index contributed by atoms with van der Waals surface area (Å²) in [6.45, 7) is 9.86. The second-order valence-corrected chi connectivity index (χ2v) is 7.36. The SMILES string of the molecule is Cc1nc2ccccc2n1CCNC(=O)NCCCN1CCC(C)CC1. The van der Waals surface area contributed by atoms with Gasteiger partial charge < -0.3 is 20.1 Å². The Bertz CT molecular complexity index is 718. The molecule has 1 aromatic carbocycles. The molecule has 6 nitrogen and oxygen atoms in total. The summed E-state index contributed by atoms with van der Waals surface area (Å²) in [4.78, 5) is 19.0. The summed E-state index contributed by atoms with van der Waals surface area (Å²) in [6, 6.07) is 8.01. The number of urea groups is 1. The van der Waals surface area contributed by atoms with Gasteiger partial charge >= 0.3 is 6.03 Å². The lowest BCUT2D eigenvalue weighted by atomic mass is 9.99. The Balaban J connectivity index is 1.32. The van der Waals surface area contributed by atoms with Gasteiger partial charge in [0.05, 0.1) is 11.0 Å². The number of likely N-dealkylation sites (tertiary alicyclic amines) is 1. The van der Waals surface area contributed by atoms with Gasteiger partial charge in [0.15, 0.2) is 0 Å². The summed E-state index contributed by atoms with van der Waals surface area (Å²) in [5, 5.41) is 5.91. The van der Waals surface area contributed by atoms with Crippen LogP contribution in [0.5, 0.6) is 0 Å². The van der Waals surface area contributed by atoms with E-state index in [1.807, 2.05) is 25.1 Å². The molecule has 0 bridgehead atoms. The lowest BCUT2D eigenvalue weighted by Crippen LogP contribution is -2.39. The van der Waals surface area contributed by atoms with Crippen LogP contribution in [-0.4, -0.2) is 53.2 Å². The molecule has 0 aliphatic carbocycles. The molecule has 2 aromatic rings. The molecule has 0 atom stereocenters. The van der Waals surface area contributed by atoms with E-state index in [1.165, 1.54) is 25.9 Å². The normalized spacial score (nSPS) is 16.1. The third-order valence-electron chi connectivity index (χ3n) is 5.28. The Morgan fingerprint density at radius 3 is 2.69 bits per heavy atom. The quantitative estimate of drug-likeness (QED) is 0.749. The van der Waals surface area contributed by atoms with Crippen molar-refractivity contribution in [3.63, 3.8) is 0 Å². The maximum atomic E-state index is 12.0. The smallest absolute Gasteiger partial charge is 0.314 e. The number of nitrogens with one attached hydrogen (secondary N) is 2. The molecular formula is C20H31N5O. The maximum absolute atomic E-state index is 12.0. The van der Waals surface area contributed by atoms with E-state index in [0.717, 1.165) is 48.8 Å². The first-order chi connectivity index (χ1) is 12.6. The molecule has 0 radical (unpaired) electrons.